The van der Waals surface area contributed by atoms with Crippen LogP contribution in [0.15, 0.2) is 0 Å². The fourth-order valence-electron chi connectivity index (χ4n) is 2.40. The number of methoxy groups -OCH3 is 1. The minimum Gasteiger partial charge on any atom is -0.469 e. The zero-order valence-corrected chi connectivity index (χ0v) is 11.9. The molecule has 104 valence electrons. The van der Waals surface area contributed by atoms with Crippen LogP contribution >= 0.6 is 0 Å². The van der Waals surface area contributed by atoms with Gasteiger partial charge in [-0.3, -0.25) is 9.59 Å². The molecule has 1 rings (SSSR count). The van der Waals surface area contributed by atoms with E-state index in [1.165, 1.54) is 7.11 Å². The van der Waals surface area contributed by atoms with Gasteiger partial charge in [0.15, 0.2) is 0 Å². The third kappa shape index (κ3) is 4.00. The van der Waals surface area contributed by atoms with Crippen molar-refractivity contribution in [1.82, 2.24) is 5.32 Å². The van der Waals surface area contributed by atoms with E-state index in [0.717, 1.165) is 25.7 Å². The van der Waals surface area contributed by atoms with Crippen LogP contribution in [0.5, 0.6) is 0 Å². The summed E-state index contributed by atoms with van der Waals surface area (Å²) in [5, 5.41) is 2.95. The van der Waals surface area contributed by atoms with Crippen molar-refractivity contribution in [3.05, 3.63) is 0 Å². The van der Waals surface area contributed by atoms with Gasteiger partial charge in [0.05, 0.1) is 13.0 Å². The number of carbonyl (C=O) groups excluding carboxylic acids is 2. The lowest BCUT2D eigenvalue weighted by atomic mass is 9.79. The van der Waals surface area contributed by atoms with Crippen molar-refractivity contribution in [2.45, 2.75) is 46.5 Å². The molecule has 0 saturated heterocycles. The van der Waals surface area contributed by atoms with E-state index in [2.05, 4.69) is 5.32 Å². The van der Waals surface area contributed by atoms with E-state index >= 15 is 0 Å². The second-order valence-corrected chi connectivity index (χ2v) is 6.13. The Hall–Kier alpha value is -1.06. The minimum absolute atomic E-state index is 0.0386. The molecule has 18 heavy (non-hydrogen) atoms. The van der Waals surface area contributed by atoms with Crippen molar-refractivity contribution in [2.24, 2.45) is 17.3 Å². The van der Waals surface area contributed by atoms with Crippen molar-refractivity contribution in [3.8, 4) is 0 Å². The van der Waals surface area contributed by atoms with Crippen LogP contribution in [0.25, 0.3) is 0 Å². The van der Waals surface area contributed by atoms with E-state index in [9.17, 15) is 9.59 Å². The van der Waals surface area contributed by atoms with Crippen LogP contribution in [0.4, 0.5) is 0 Å². The lowest BCUT2D eigenvalue weighted by molar-refractivity contribution is -0.149. The van der Waals surface area contributed by atoms with Gasteiger partial charge in [-0.1, -0.05) is 33.6 Å². The van der Waals surface area contributed by atoms with Gasteiger partial charge in [0.2, 0.25) is 5.91 Å². The summed E-state index contributed by atoms with van der Waals surface area (Å²) >= 11 is 0. The highest BCUT2D eigenvalue weighted by molar-refractivity contribution is 5.81. The van der Waals surface area contributed by atoms with Gasteiger partial charge in [0.25, 0.3) is 0 Å². The molecule has 1 aliphatic carbocycles. The van der Waals surface area contributed by atoms with E-state index in [-0.39, 0.29) is 29.1 Å². The molecule has 0 aromatic rings. The molecule has 2 atom stereocenters. The van der Waals surface area contributed by atoms with Gasteiger partial charge in [-0.25, -0.2) is 0 Å². The molecule has 4 nitrogen and oxygen atoms in total. The molecule has 0 spiro atoms. The minimum atomic E-state index is -0.380. The molecule has 1 saturated carbocycles. The zero-order valence-electron chi connectivity index (χ0n) is 11.9. The number of hydrogen-bond acceptors (Lipinski definition) is 3. The van der Waals surface area contributed by atoms with E-state index in [1.807, 2.05) is 20.8 Å². The van der Waals surface area contributed by atoms with E-state index in [4.69, 9.17) is 4.74 Å². The van der Waals surface area contributed by atoms with Crippen molar-refractivity contribution in [3.63, 3.8) is 0 Å². The van der Waals surface area contributed by atoms with Crippen molar-refractivity contribution in [1.29, 1.82) is 0 Å². The van der Waals surface area contributed by atoms with Crippen LogP contribution in [0.1, 0.15) is 46.5 Å². The predicted octanol–water partition coefficient (Wildman–Crippen LogP) is 2.13. The lowest BCUT2D eigenvalue weighted by Crippen LogP contribution is -2.41. The van der Waals surface area contributed by atoms with Crippen LogP contribution in [0.2, 0.25) is 0 Å². The third-order valence-electron chi connectivity index (χ3n) is 3.62. The predicted molar refractivity (Wildman–Crippen MR) is 69.9 cm³/mol. The SMILES string of the molecule is COC(=O)C1CCCCC1CNC(=O)C(C)(C)C. The first kappa shape index (κ1) is 15.0. The fraction of sp³-hybridized carbons (Fsp3) is 0.857. The Morgan fingerprint density at radius 3 is 2.39 bits per heavy atom. The molecule has 0 radical (unpaired) electrons. The summed E-state index contributed by atoms with van der Waals surface area (Å²) in [6, 6.07) is 0. The second kappa shape index (κ2) is 6.21. The number of amides is 1. The zero-order chi connectivity index (χ0) is 13.8. The quantitative estimate of drug-likeness (QED) is 0.786. The molecule has 0 aromatic carbocycles. The van der Waals surface area contributed by atoms with E-state index in [1.54, 1.807) is 0 Å². The Kier molecular flexibility index (Phi) is 5.17. The summed E-state index contributed by atoms with van der Waals surface area (Å²) < 4.78 is 4.84. The molecule has 1 N–H and O–H groups in total. The lowest BCUT2D eigenvalue weighted by Gasteiger charge is -2.30. The average Bonchev–Trinajstić information content (AvgIpc) is 2.34. The molecule has 2 unspecified atom stereocenters. The van der Waals surface area contributed by atoms with Gasteiger partial charge in [-0.15, -0.1) is 0 Å². The Morgan fingerprint density at radius 1 is 1.22 bits per heavy atom. The van der Waals surface area contributed by atoms with Crippen LogP contribution < -0.4 is 5.32 Å². The van der Waals surface area contributed by atoms with Crippen LogP contribution in [0.3, 0.4) is 0 Å². The Bertz CT molecular complexity index is 307. The molecule has 1 aliphatic rings. The standard InChI is InChI=1S/C14H25NO3/c1-14(2,3)13(17)15-9-10-7-5-6-8-11(10)12(16)18-4/h10-11H,5-9H2,1-4H3,(H,15,17). The highest BCUT2D eigenvalue weighted by Gasteiger charge is 2.32. The van der Waals surface area contributed by atoms with Gasteiger partial charge in [-0.2, -0.15) is 0 Å². The molecular formula is C14H25NO3. The first-order valence-corrected chi connectivity index (χ1v) is 6.72. The Labute approximate surface area is 109 Å². The highest BCUT2D eigenvalue weighted by Crippen LogP contribution is 2.30. The number of nitrogens with one attached hydrogen (secondary N) is 1. The van der Waals surface area contributed by atoms with Crippen molar-refractivity contribution < 1.29 is 14.3 Å². The number of hydrogen-bond donors (Lipinski definition) is 1. The molecule has 0 bridgehead atoms. The fourth-order valence-corrected chi connectivity index (χ4v) is 2.40. The van der Waals surface area contributed by atoms with Crippen LogP contribution in [0, 0.1) is 17.3 Å². The number of ether oxygens (including phenoxy) is 1. The first-order valence-electron chi connectivity index (χ1n) is 6.72. The first-order chi connectivity index (χ1) is 8.36. The van der Waals surface area contributed by atoms with Gasteiger partial charge >= 0.3 is 5.97 Å². The molecule has 1 fully saturated rings. The van der Waals surface area contributed by atoms with Crippen molar-refractivity contribution >= 4 is 11.9 Å². The van der Waals surface area contributed by atoms with Gasteiger partial charge in [0.1, 0.15) is 0 Å². The topological polar surface area (TPSA) is 55.4 Å². The summed E-state index contributed by atoms with van der Waals surface area (Å²) in [5.74, 6) is 0.0721. The van der Waals surface area contributed by atoms with Gasteiger partial charge < -0.3 is 10.1 Å². The third-order valence-corrected chi connectivity index (χ3v) is 3.62. The number of carbonyl (C=O) groups is 2. The highest BCUT2D eigenvalue weighted by atomic mass is 16.5. The molecular weight excluding hydrogens is 230 g/mol. The molecule has 1 amide bonds. The van der Waals surface area contributed by atoms with Gasteiger partial charge in [-0.05, 0) is 18.8 Å². The maximum atomic E-state index is 11.8. The monoisotopic (exact) mass is 255 g/mol. The van der Waals surface area contributed by atoms with Gasteiger partial charge in [0, 0.05) is 12.0 Å². The number of esters is 1. The molecule has 0 heterocycles. The second-order valence-electron chi connectivity index (χ2n) is 6.13. The number of rotatable bonds is 3. The smallest absolute Gasteiger partial charge is 0.309 e. The molecule has 0 aromatic heterocycles. The Morgan fingerprint density at radius 2 is 1.83 bits per heavy atom. The molecule has 0 aliphatic heterocycles. The Balaban J connectivity index is 2.53. The summed E-state index contributed by atoms with van der Waals surface area (Å²) in [5.41, 5.74) is -0.380. The van der Waals surface area contributed by atoms with Crippen molar-refractivity contribution in [2.75, 3.05) is 13.7 Å². The summed E-state index contributed by atoms with van der Waals surface area (Å²) in [6.07, 6.45) is 4.07. The normalized spacial score (nSPS) is 24.4. The van der Waals surface area contributed by atoms with Crippen LogP contribution in [-0.4, -0.2) is 25.5 Å². The maximum Gasteiger partial charge on any atom is 0.309 e. The summed E-state index contributed by atoms with van der Waals surface area (Å²) in [4.78, 5) is 23.5. The van der Waals surface area contributed by atoms with E-state index in [0.29, 0.717) is 6.54 Å². The summed E-state index contributed by atoms with van der Waals surface area (Å²) in [7, 11) is 1.43. The van der Waals surface area contributed by atoms with Crippen LogP contribution in [-0.2, 0) is 14.3 Å². The summed E-state index contributed by atoms with van der Waals surface area (Å²) in [6.45, 7) is 6.25. The largest absolute Gasteiger partial charge is 0.469 e. The molecule has 4 heteroatoms. The maximum absolute atomic E-state index is 11.8. The average molecular weight is 255 g/mol. The van der Waals surface area contributed by atoms with E-state index < -0.39 is 0 Å².